The first-order valence-electron chi connectivity index (χ1n) is 18.1. The van der Waals surface area contributed by atoms with Crippen molar-refractivity contribution < 1.29 is 28.4 Å². The van der Waals surface area contributed by atoms with Crippen LogP contribution in [0.2, 0.25) is 0 Å². The predicted octanol–water partition coefficient (Wildman–Crippen LogP) is 4.54. The molecule has 1 aromatic heterocycles. The molecule has 4 aliphatic heterocycles. The zero-order chi connectivity index (χ0) is 35.9. The van der Waals surface area contributed by atoms with Crippen molar-refractivity contribution in [2.24, 2.45) is 5.41 Å². The highest BCUT2D eigenvalue weighted by atomic mass is 19.1. The Balaban J connectivity index is 0.812. The van der Waals surface area contributed by atoms with Crippen LogP contribution in [0.25, 0.3) is 22.2 Å². The molecule has 1 spiro atoms. The maximum atomic E-state index is 14.3. The zero-order valence-electron chi connectivity index (χ0n) is 28.9. The number of aromatic amines is 1. The second-order valence-corrected chi connectivity index (χ2v) is 15.2. The molecule has 11 nitrogen and oxygen atoms in total. The summed E-state index contributed by atoms with van der Waals surface area (Å²) in [6.45, 7) is 3.06. The van der Waals surface area contributed by atoms with Crippen molar-refractivity contribution in [3.8, 4) is 11.3 Å². The van der Waals surface area contributed by atoms with E-state index in [0.717, 1.165) is 78.1 Å². The Morgan fingerprint density at radius 2 is 1.63 bits per heavy atom. The lowest BCUT2D eigenvalue weighted by Gasteiger charge is -2.55. The van der Waals surface area contributed by atoms with Gasteiger partial charge in [-0.2, -0.15) is 0 Å². The van der Waals surface area contributed by atoms with Crippen molar-refractivity contribution in [2.75, 3.05) is 31.6 Å². The summed E-state index contributed by atoms with van der Waals surface area (Å²) in [6.07, 6.45) is 5.28. The number of benzene rings is 3. The molecule has 266 valence electrons. The van der Waals surface area contributed by atoms with Gasteiger partial charge in [-0.05, 0) is 98.0 Å². The first-order valence-corrected chi connectivity index (χ1v) is 18.1. The number of amides is 5. The number of aromatic nitrogens is 1. The molecule has 9 rings (SSSR count). The number of H-pyrrole nitrogens is 1. The summed E-state index contributed by atoms with van der Waals surface area (Å²) in [4.78, 5) is 72.2. The second kappa shape index (κ2) is 12.1. The third-order valence-corrected chi connectivity index (χ3v) is 12.1. The number of imide groups is 2. The molecule has 0 bridgehead atoms. The van der Waals surface area contributed by atoms with E-state index in [4.69, 9.17) is 0 Å². The van der Waals surface area contributed by atoms with E-state index in [0.29, 0.717) is 46.6 Å². The van der Waals surface area contributed by atoms with Gasteiger partial charge in [0, 0.05) is 60.9 Å². The smallest absolute Gasteiger partial charge is 0.262 e. The molecule has 3 N–H and O–H groups in total. The topological polar surface area (TPSA) is 135 Å². The van der Waals surface area contributed by atoms with Gasteiger partial charge in [0.1, 0.15) is 11.9 Å². The standard InChI is InChI=1S/C40H39FN6O5/c1-45(21-22-2-4-23(5-3-22)35-28-10-13-42-36(49)30-16-24(41)17-31(43-35)34(28)30)26-19-40(20-26)11-14-46(15-12-40)25-6-7-27-29(18-25)39(52)47(38(27)51)32-8-9-33(48)44-37(32)50/h2-7,16-18,26,32,43H,8-15,19-21H2,1H3,(H,42,49)(H,44,48,50). The van der Waals surface area contributed by atoms with E-state index in [1.807, 2.05) is 6.07 Å². The Bertz CT molecular complexity index is 2200. The number of rotatable bonds is 6. The number of piperidine rings is 2. The fourth-order valence-corrected chi connectivity index (χ4v) is 9.19. The third-order valence-electron chi connectivity index (χ3n) is 12.1. The monoisotopic (exact) mass is 702 g/mol. The minimum atomic E-state index is -0.969. The van der Waals surface area contributed by atoms with E-state index in [9.17, 15) is 28.4 Å². The Morgan fingerprint density at radius 1 is 0.885 bits per heavy atom. The van der Waals surface area contributed by atoms with Crippen LogP contribution in [0.1, 0.15) is 80.7 Å². The number of hydrogen-bond donors (Lipinski definition) is 3. The summed E-state index contributed by atoms with van der Waals surface area (Å²) in [5.41, 5.74) is 7.04. The van der Waals surface area contributed by atoms with E-state index in [2.05, 4.69) is 56.7 Å². The van der Waals surface area contributed by atoms with Crippen LogP contribution in [0.4, 0.5) is 10.1 Å². The fourth-order valence-electron chi connectivity index (χ4n) is 9.19. The van der Waals surface area contributed by atoms with Crippen LogP contribution >= 0.6 is 0 Å². The molecule has 3 aromatic carbocycles. The lowest BCUT2D eigenvalue weighted by molar-refractivity contribution is -0.136. The van der Waals surface area contributed by atoms with Crippen molar-refractivity contribution in [1.82, 2.24) is 25.4 Å². The van der Waals surface area contributed by atoms with Crippen LogP contribution in [0, 0.1) is 11.2 Å². The molecule has 1 aliphatic carbocycles. The molecule has 5 aliphatic rings. The van der Waals surface area contributed by atoms with Gasteiger partial charge in [0.25, 0.3) is 17.7 Å². The van der Waals surface area contributed by atoms with Crippen molar-refractivity contribution in [3.05, 3.63) is 88.2 Å². The lowest BCUT2D eigenvalue weighted by Crippen LogP contribution is -2.54. The predicted molar refractivity (Wildman–Crippen MR) is 191 cm³/mol. The number of carbonyl (C=O) groups excluding carboxylic acids is 5. The van der Waals surface area contributed by atoms with Crippen LogP contribution in [0.5, 0.6) is 0 Å². The number of anilines is 1. The number of nitrogens with one attached hydrogen (secondary N) is 3. The van der Waals surface area contributed by atoms with Crippen LogP contribution in [-0.2, 0) is 22.6 Å². The second-order valence-electron chi connectivity index (χ2n) is 15.2. The molecule has 2 saturated heterocycles. The minimum Gasteiger partial charge on any atom is -0.371 e. The van der Waals surface area contributed by atoms with Gasteiger partial charge < -0.3 is 15.2 Å². The molecule has 1 atom stereocenters. The van der Waals surface area contributed by atoms with Crippen molar-refractivity contribution >= 4 is 46.1 Å². The zero-order valence-corrected chi connectivity index (χ0v) is 28.9. The highest BCUT2D eigenvalue weighted by Crippen LogP contribution is 2.51. The van der Waals surface area contributed by atoms with Crippen molar-refractivity contribution in [1.29, 1.82) is 0 Å². The molecule has 52 heavy (non-hydrogen) atoms. The SMILES string of the molecule is CN(Cc1ccc(-c2[nH]c3cc(F)cc4c3c2CCNC4=O)cc1)C1CC2(CCN(c3ccc4c(c3)C(=O)N(C3CCC(=O)NC3=O)C4=O)CC2)C1. The molecule has 3 fully saturated rings. The average molecular weight is 703 g/mol. The average Bonchev–Trinajstić information content (AvgIpc) is 3.53. The van der Waals surface area contributed by atoms with Gasteiger partial charge >= 0.3 is 0 Å². The molecular formula is C40H39FN6O5. The highest BCUT2D eigenvalue weighted by molar-refractivity contribution is 6.23. The number of carbonyl (C=O) groups is 5. The van der Waals surface area contributed by atoms with Crippen LogP contribution in [0.3, 0.4) is 0 Å². The van der Waals surface area contributed by atoms with Crippen molar-refractivity contribution in [2.45, 2.75) is 63.6 Å². The molecule has 4 aromatic rings. The molecule has 5 heterocycles. The number of nitrogens with zero attached hydrogens (tertiary/aromatic N) is 3. The van der Waals surface area contributed by atoms with E-state index >= 15 is 0 Å². The van der Waals surface area contributed by atoms with Gasteiger partial charge in [0.15, 0.2) is 0 Å². The summed E-state index contributed by atoms with van der Waals surface area (Å²) < 4.78 is 14.3. The molecule has 5 amide bonds. The van der Waals surface area contributed by atoms with Crippen LogP contribution < -0.4 is 15.5 Å². The maximum absolute atomic E-state index is 14.3. The Morgan fingerprint density at radius 3 is 2.38 bits per heavy atom. The van der Waals surface area contributed by atoms with E-state index in [1.165, 1.54) is 17.7 Å². The first-order chi connectivity index (χ1) is 25.1. The molecular weight excluding hydrogens is 663 g/mol. The summed E-state index contributed by atoms with van der Waals surface area (Å²) in [5, 5.41) is 5.93. The molecule has 0 radical (unpaired) electrons. The van der Waals surface area contributed by atoms with Crippen LogP contribution in [-0.4, -0.2) is 83.1 Å². The van der Waals surface area contributed by atoms with Gasteiger partial charge in [-0.25, -0.2) is 4.39 Å². The van der Waals surface area contributed by atoms with Gasteiger partial charge in [0.2, 0.25) is 11.8 Å². The third kappa shape index (κ3) is 5.30. The number of halogens is 1. The van der Waals surface area contributed by atoms with E-state index in [-0.39, 0.29) is 18.7 Å². The first kappa shape index (κ1) is 32.5. The quantitative estimate of drug-likeness (QED) is 0.251. The van der Waals surface area contributed by atoms with Gasteiger partial charge in [-0.1, -0.05) is 24.3 Å². The van der Waals surface area contributed by atoms with E-state index < -0.39 is 35.5 Å². The molecule has 12 heteroatoms. The summed E-state index contributed by atoms with van der Waals surface area (Å²) >= 11 is 0. The minimum absolute atomic E-state index is 0.0941. The highest BCUT2D eigenvalue weighted by Gasteiger charge is 2.48. The van der Waals surface area contributed by atoms with E-state index in [1.54, 1.807) is 12.1 Å². The van der Waals surface area contributed by atoms with Gasteiger partial charge in [-0.15, -0.1) is 0 Å². The summed E-state index contributed by atoms with van der Waals surface area (Å²) in [6, 6.07) is 16.2. The van der Waals surface area contributed by atoms with Crippen molar-refractivity contribution in [3.63, 3.8) is 0 Å². The Labute approximate surface area is 299 Å². The number of hydrogen-bond acceptors (Lipinski definition) is 7. The normalized spacial score (nSPS) is 21.4. The Kier molecular flexibility index (Phi) is 7.58. The summed E-state index contributed by atoms with van der Waals surface area (Å²) in [7, 11) is 2.19. The number of fused-ring (bicyclic) bond motifs is 1. The largest absolute Gasteiger partial charge is 0.371 e. The summed E-state index contributed by atoms with van der Waals surface area (Å²) in [5.74, 6) is -2.63. The molecule has 1 saturated carbocycles. The van der Waals surface area contributed by atoms with Gasteiger partial charge in [0.05, 0.1) is 16.7 Å². The molecule has 1 unspecified atom stereocenters. The van der Waals surface area contributed by atoms with Crippen LogP contribution in [0.15, 0.2) is 54.6 Å². The Hall–Kier alpha value is -5.36. The lowest BCUT2D eigenvalue weighted by atomic mass is 9.60. The fraction of sp³-hybridized carbons (Fsp3) is 0.375. The maximum Gasteiger partial charge on any atom is 0.262 e. The van der Waals surface area contributed by atoms with Gasteiger partial charge in [-0.3, -0.25) is 39.1 Å².